The summed E-state index contributed by atoms with van der Waals surface area (Å²) in [6.07, 6.45) is 0. The average Bonchev–Trinajstić information content (AvgIpc) is 2.90. The van der Waals surface area contributed by atoms with Gasteiger partial charge in [0.05, 0.1) is 0 Å². The fourth-order valence-electron chi connectivity index (χ4n) is 3.26. The Kier molecular flexibility index (Phi) is 4.96. The maximum atomic E-state index is 13.3. The predicted octanol–water partition coefficient (Wildman–Crippen LogP) is 3.86. The van der Waals surface area contributed by atoms with Gasteiger partial charge in [0.25, 0.3) is 5.91 Å². The third-order valence-corrected chi connectivity index (χ3v) is 5.73. The zero-order valence-electron chi connectivity index (χ0n) is 16.0. The van der Waals surface area contributed by atoms with Crippen molar-refractivity contribution >= 4 is 34.5 Å². The molecule has 0 aliphatic carbocycles. The highest BCUT2D eigenvalue weighted by Gasteiger charge is 2.43. The lowest BCUT2D eigenvalue weighted by Crippen LogP contribution is -2.40. The summed E-state index contributed by atoms with van der Waals surface area (Å²) in [4.78, 5) is 25.5. The van der Waals surface area contributed by atoms with E-state index in [2.05, 4.69) is 15.5 Å². The summed E-state index contributed by atoms with van der Waals surface area (Å²) >= 11 is 1.44. The van der Waals surface area contributed by atoms with Crippen LogP contribution in [0.15, 0.2) is 53.6 Å². The Morgan fingerprint density at radius 2 is 1.72 bits per heavy atom. The van der Waals surface area contributed by atoms with Gasteiger partial charge in [-0.05, 0) is 38.1 Å². The third-order valence-electron chi connectivity index (χ3n) is 4.77. The number of hydrogen-bond donors (Lipinski definition) is 1. The topological polar surface area (TPSA) is 75.2 Å². The van der Waals surface area contributed by atoms with Crippen molar-refractivity contribution < 1.29 is 14.0 Å². The molecule has 1 aliphatic rings. The Bertz CT molecular complexity index is 1100. The Labute approximate surface area is 171 Å². The number of nitrogens with zero attached hydrogens (tertiary/aromatic N) is 3. The van der Waals surface area contributed by atoms with Crippen molar-refractivity contribution in [1.29, 1.82) is 0 Å². The summed E-state index contributed by atoms with van der Waals surface area (Å²) in [5.74, 6) is -0.0309. The van der Waals surface area contributed by atoms with E-state index < -0.39 is 5.54 Å². The van der Waals surface area contributed by atoms with Gasteiger partial charge < -0.3 is 5.32 Å². The minimum absolute atomic E-state index is 0.231. The van der Waals surface area contributed by atoms with Crippen LogP contribution in [0.3, 0.4) is 0 Å². The van der Waals surface area contributed by atoms with Gasteiger partial charge in [-0.15, -0.1) is 22.0 Å². The largest absolute Gasteiger partial charge is 0.325 e. The fourth-order valence-corrected chi connectivity index (χ4v) is 4.16. The number of rotatable bonds is 5. The number of halogens is 1. The van der Waals surface area contributed by atoms with Crippen molar-refractivity contribution in [2.24, 2.45) is 0 Å². The summed E-state index contributed by atoms with van der Waals surface area (Å²) < 4.78 is 13.3. The van der Waals surface area contributed by atoms with Gasteiger partial charge in [0.15, 0.2) is 0 Å². The van der Waals surface area contributed by atoms with Gasteiger partial charge >= 0.3 is 6.03 Å². The molecule has 0 unspecified atom stereocenters. The molecule has 3 aromatic rings. The molecule has 0 radical (unpaired) electrons. The Hall–Kier alpha value is -3.00. The van der Waals surface area contributed by atoms with Crippen LogP contribution >= 0.6 is 11.8 Å². The Morgan fingerprint density at radius 1 is 1.03 bits per heavy atom. The standard InChI is InChI=1S/C21H19FN4O2S/c1-21(2)19(27)26(20(28)23-21)11-12-29-18-16-6-4-3-5-15(16)17(24-25-18)13-7-9-14(22)10-8-13/h3-10H,11-12H2,1-2H3,(H,23,28). The van der Waals surface area contributed by atoms with Crippen LogP contribution in [0.1, 0.15) is 13.8 Å². The molecule has 4 rings (SSSR count). The quantitative estimate of drug-likeness (QED) is 0.511. The van der Waals surface area contributed by atoms with Crippen LogP contribution in [-0.4, -0.2) is 44.9 Å². The minimum Gasteiger partial charge on any atom is -0.324 e. The molecule has 1 fully saturated rings. The molecule has 2 heterocycles. The summed E-state index contributed by atoms with van der Waals surface area (Å²) in [5.41, 5.74) is 0.597. The van der Waals surface area contributed by atoms with Crippen LogP contribution in [-0.2, 0) is 4.79 Å². The zero-order valence-corrected chi connectivity index (χ0v) is 16.8. The van der Waals surface area contributed by atoms with Gasteiger partial charge in [0.2, 0.25) is 0 Å². The highest BCUT2D eigenvalue weighted by atomic mass is 32.2. The van der Waals surface area contributed by atoms with Crippen LogP contribution in [0, 0.1) is 5.82 Å². The van der Waals surface area contributed by atoms with Crippen molar-refractivity contribution in [1.82, 2.24) is 20.4 Å². The molecule has 0 saturated carbocycles. The first kappa shape index (κ1) is 19.3. The fraction of sp³-hybridized carbons (Fsp3) is 0.238. The molecule has 8 heteroatoms. The van der Waals surface area contributed by atoms with E-state index in [0.717, 1.165) is 21.4 Å². The number of carbonyl (C=O) groups is 2. The van der Waals surface area contributed by atoms with Gasteiger partial charge in [0, 0.05) is 28.6 Å². The number of urea groups is 1. The lowest BCUT2D eigenvalue weighted by molar-refractivity contribution is -0.130. The van der Waals surface area contributed by atoms with Crippen molar-refractivity contribution in [3.05, 3.63) is 54.3 Å². The minimum atomic E-state index is -0.870. The monoisotopic (exact) mass is 410 g/mol. The van der Waals surface area contributed by atoms with E-state index in [1.807, 2.05) is 24.3 Å². The first-order valence-corrected chi connectivity index (χ1v) is 10.1. The molecule has 1 saturated heterocycles. The lowest BCUT2D eigenvalue weighted by atomic mass is 10.1. The molecule has 3 amide bonds. The van der Waals surface area contributed by atoms with Gasteiger partial charge in [-0.1, -0.05) is 24.3 Å². The second-order valence-electron chi connectivity index (χ2n) is 7.27. The third kappa shape index (κ3) is 3.67. The van der Waals surface area contributed by atoms with Crippen molar-refractivity contribution in [2.45, 2.75) is 24.4 Å². The van der Waals surface area contributed by atoms with E-state index in [4.69, 9.17) is 0 Å². The molecule has 0 atom stereocenters. The lowest BCUT2D eigenvalue weighted by Gasteiger charge is -2.15. The van der Waals surface area contributed by atoms with Crippen LogP contribution in [0.2, 0.25) is 0 Å². The summed E-state index contributed by atoms with van der Waals surface area (Å²) in [6, 6.07) is 13.5. The number of benzene rings is 2. The molecule has 1 aromatic heterocycles. The Balaban J connectivity index is 1.56. The zero-order chi connectivity index (χ0) is 20.6. The first-order valence-electron chi connectivity index (χ1n) is 9.15. The van der Waals surface area contributed by atoms with E-state index in [1.165, 1.54) is 28.8 Å². The number of nitrogens with one attached hydrogen (secondary N) is 1. The highest BCUT2D eigenvalue weighted by Crippen LogP contribution is 2.32. The summed E-state index contributed by atoms with van der Waals surface area (Å²) in [5, 5.41) is 13.9. The SMILES string of the molecule is CC1(C)NC(=O)N(CCSc2nnc(-c3ccc(F)cc3)c3ccccc23)C1=O. The molecule has 0 bridgehead atoms. The van der Waals surface area contributed by atoms with Crippen molar-refractivity contribution in [3.8, 4) is 11.3 Å². The maximum absolute atomic E-state index is 13.3. The van der Waals surface area contributed by atoms with Crippen LogP contribution in [0.25, 0.3) is 22.0 Å². The van der Waals surface area contributed by atoms with Crippen molar-refractivity contribution in [2.75, 3.05) is 12.3 Å². The molecule has 2 aromatic carbocycles. The average molecular weight is 410 g/mol. The number of thioether (sulfide) groups is 1. The van der Waals surface area contributed by atoms with Crippen LogP contribution in [0.4, 0.5) is 9.18 Å². The van der Waals surface area contributed by atoms with E-state index in [-0.39, 0.29) is 24.3 Å². The van der Waals surface area contributed by atoms with E-state index in [1.54, 1.807) is 26.0 Å². The predicted molar refractivity (Wildman–Crippen MR) is 110 cm³/mol. The second-order valence-corrected chi connectivity index (χ2v) is 8.35. The molecule has 1 N–H and O–H groups in total. The van der Waals surface area contributed by atoms with E-state index in [9.17, 15) is 14.0 Å². The molecular weight excluding hydrogens is 391 g/mol. The van der Waals surface area contributed by atoms with Crippen LogP contribution < -0.4 is 5.32 Å². The summed E-state index contributed by atoms with van der Waals surface area (Å²) in [7, 11) is 0. The van der Waals surface area contributed by atoms with E-state index in [0.29, 0.717) is 11.4 Å². The molecule has 1 aliphatic heterocycles. The van der Waals surface area contributed by atoms with Gasteiger partial charge in [-0.25, -0.2) is 9.18 Å². The normalized spacial score (nSPS) is 15.8. The number of fused-ring (bicyclic) bond motifs is 1. The number of amides is 3. The molecule has 6 nitrogen and oxygen atoms in total. The van der Waals surface area contributed by atoms with Gasteiger partial charge in [-0.3, -0.25) is 9.69 Å². The molecule has 29 heavy (non-hydrogen) atoms. The second kappa shape index (κ2) is 7.44. The number of hydrogen-bond acceptors (Lipinski definition) is 5. The Morgan fingerprint density at radius 3 is 2.38 bits per heavy atom. The molecular formula is C21H19FN4O2S. The van der Waals surface area contributed by atoms with E-state index >= 15 is 0 Å². The van der Waals surface area contributed by atoms with Gasteiger partial charge in [0.1, 0.15) is 22.1 Å². The molecule has 0 spiro atoms. The number of imide groups is 1. The number of carbonyl (C=O) groups excluding carboxylic acids is 2. The smallest absolute Gasteiger partial charge is 0.324 e. The van der Waals surface area contributed by atoms with Crippen LogP contribution in [0.5, 0.6) is 0 Å². The first-order chi connectivity index (χ1) is 13.9. The number of aromatic nitrogens is 2. The highest BCUT2D eigenvalue weighted by molar-refractivity contribution is 7.99. The maximum Gasteiger partial charge on any atom is 0.325 e. The summed E-state index contributed by atoms with van der Waals surface area (Å²) in [6.45, 7) is 3.66. The van der Waals surface area contributed by atoms with Crippen molar-refractivity contribution in [3.63, 3.8) is 0 Å². The van der Waals surface area contributed by atoms with Gasteiger partial charge in [-0.2, -0.15) is 0 Å². The molecule has 148 valence electrons.